The van der Waals surface area contributed by atoms with Crippen molar-refractivity contribution in [1.29, 1.82) is 0 Å². The molecule has 2 N–H and O–H groups in total. The average molecular weight is 383 g/mol. The fourth-order valence-corrected chi connectivity index (χ4v) is 2.55. The lowest BCUT2D eigenvalue weighted by atomic mass is 10.3. The first-order valence-corrected chi connectivity index (χ1v) is 8.30. The number of fused-ring (bicyclic) bond motifs is 1. The van der Waals surface area contributed by atoms with Gasteiger partial charge in [-0.1, -0.05) is 0 Å². The summed E-state index contributed by atoms with van der Waals surface area (Å²) in [7, 11) is 1.83. The van der Waals surface area contributed by atoms with Crippen LogP contribution in [0.2, 0.25) is 0 Å². The summed E-state index contributed by atoms with van der Waals surface area (Å²) in [5, 5.41) is 6.50. The molecule has 1 atom stereocenters. The molecule has 4 aromatic rings. The highest BCUT2D eigenvalue weighted by atomic mass is 19.1. The Morgan fingerprint density at radius 1 is 1.00 bits per heavy atom. The summed E-state index contributed by atoms with van der Waals surface area (Å²) in [6.07, 6.45) is 6.62. The van der Waals surface area contributed by atoms with Crippen LogP contribution in [-0.4, -0.2) is 34.5 Å². The van der Waals surface area contributed by atoms with E-state index >= 15 is 0 Å². The van der Waals surface area contributed by atoms with Crippen molar-refractivity contribution in [3.63, 3.8) is 0 Å². The Labute approximate surface area is 157 Å². The van der Waals surface area contributed by atoms with Crippen LogP contribution in [0, 0.1) is 11.6 Å². The molecule has 0 aliphatic carbocycles. The molecule has 0 spiro atoms. The summed E-state index contributed by atoms with van der Waals surface area (Å²) in [6, 6.07) is 0.894. The lowest BCUT2D eigenvalue weighted by Gasteiger charge is -2.14. The molecule has 4 heterocycles. The Hall–Kier alpha value is -3.76. The number of pyridine rings is 1. The van der Waals surface area contributed by atoms with Gasteiger partial charge in [-0.05, 0) is 13.0 Å². The number of hydrogen-bond donors (Lipinski definition) is 2. The van der Waals surface area contributed by atoms with Gasteiger partial charge in [-0.3, -0.25) is 0 Å². The Morgan fingerprint density at radius 3 is 2.46 bits per heavy atom. The molecule has 0 unspecified atom stereocenters. The zero-order valence-corrected chi connectivity index (χ0v) is 14.9. The van der Waals surface area contributed by atoms with E-state index in [2.05, 4.69) is 40.5 Å². The van der Waals surface area contributed by atoms with Crippen LogP contribution >= 0.6 is 0 Å². The van der Waals surface area contributed by atoms with Gasteiger partial charge >= 0.3 is 0 Å². The van der Waals surface area contributed by atoms with Gasteiger partial charge in [-0.25, -0.2) is 28.7 Å². The molecule has 9 nitrogen and oxygen atoms in total. The molecule has 28 heavy (non-hydrogen) atoms. The van der Waals surface area contributed by atoms with E-state index in [4.69, 9.17) is 0 Å². The standard InChI is InChI=1S/C17H15F2N9/c1-9(14-20-5-11(19)6-21-14)24-17-26-15-12(3-10(18)4-22-15)16(27-17)25-13-7-28(2)8-23-13/h3-9H,1-2H3,(H2,22,24,25,26,27)/t9-/m1/s1. The second-order valence-corrected chi connectivity index (χ2v) is 6.10. The van der Waals surface area contributed by atoms with Crippen molar-refractivity contribution in [3.05, 3.63) is 54.6 Å². The second kappa shape index (κ2) is 7.10. The highest BCUT2D eigenvalue weighted by Crippen LogP contribution is 2.25. The predicted octanol–water partition coefficient (Wildman–Crippen LogP) is 2.74. The summed E-state index contributed by atoms with van der Waals surface area (Å²) in [4.78, 5) is 24.8. The number of imidazole rings is 1. The summed E-state index contributed by atoms with van der Waals surface area (Å²) in [5.41, 5.74) is 0.296. The second-order valence-electron chi connectivity index (χ2n) is 6.10. The first-order chi connectivity index (χ1) is 13.5. The smallest absolute Gasteiger partial charge is 0.227 e. The van der Waals surface area contributed by atoms with Crippen molar-refractivity contribution >= 4 is 28.6 Å². The molecule has 0 aromatic carbocycles. The SMILES string of the molecule is C[C@@H](Nc1nc(Nc2cn(C)cn2)c2cc(F)cnc2n1)c1ncc(F)cn1. The zero-order valence-electron chi connectivity index (χ0n) is 14.9. The lowest BCUT2D eigenvalue weighted by molar-refractivity contribution is 0.604. The highest BCUT2D eigenvalue weighted by molar-refractivity contribution is 5.89. The first-order valence-electron chi connectivity index (χ1n) is 8.30. The minimum Gasteiger partial charge on any atom is -0.344 e. The van der Waals surface area contributed by atoms with Crippen LogP contribution in [0.5, 0.6) is 0 Å². The maximum absolute atomic E-state index is 13.7. The molecule has 0 bridgehead atoms. The molecule has 0 saturated heterocycles. The number of anilines is 3. The number of nitrogens with zero attached hydrogens (tertiary/aromatic N) is 7. The number of halogens is 2. The Morgan fingerprint density at radius 2 is 1.75 bits per heavy atom. The predicted molar refractivity (Wildman–Crippen MR) is 97.8 cm³/mol. The monoisotopic (exact) mass is 383 g/mol. The molecular formula is C17H15F2N9. The third-order valence-electron chi connectivity index (χ3n) is 3.84. The molecule has 4 aromatic heterocycles. The van der Waals surface area contributed by atoms with Gasteiger partial charge < -0.3 is 15.2 Å². The number of nitrogens with one attached hydrogen (secondary N) is 2. The van der Waals surface area contributed by atoms with E-state index < -0.39 is 17.7 Å². The lowest BCUT2D eigenvalue weighted by Crippen LogP contribution is -2.13. The van der Waals surface area contributed by atoms with Crippen LogP contribution in [0.25, 0.3) is 11.0 Å². The fraction of sp³-hybridized carbons (Fsp3) is 0.176. The molecule has 142 valence electrons. The maximum Gasteiger partial charge on any atom is 0.227 e. The summed E-state index contributed by atoms with van der Waals surface area (Å²) < 4.78 is 28.5. The number of hydrogen-bond acceptors (Lipinski definition) is 8. The Bertz CT molecular complexity index is 1130. The summed E-state index contributed by atoms with van der Waals surface area (Å²) in [5.74, 6) is 0.444. The molecule has 0 radical (unpaired) electrons. The molecule has 4 rings (SSSR count). The van der Waals surface area contributed by atoms with E-state index in [0.29, 0.717) is 28.5 Å². The van der Waals surface area contributed by atoms with Gasteiger partial charge in [0.15, 0.2) is 11.5 Å². The fourth-order valence-electron chi connectivity index (χ4n) is 2.55. The van der Waals surface area contributed by atoms with E-state index in [1.165, 1.54) is 6.07 Å². The minimum absolute atomic E-state index is 0.227. The molecule has 0 aliphatic rings. The third-order valence-corrected chi connectivity index (χ3v) is 3.84. The van der Waals surface area contributed by atoms with Gasteiger partial charge in [-0.15, -0.1) is 0 Å². The van der Waals surface area contributed by atoms with Crippen LogP contribution in [0.3, 0.4) is 0 Å². The van der Waals surface area contributed by atoms with E-state index in [9.17, 15) is 8.78 Å². The zero-order chi connectivity index (χ0) is 19.7. The van der Waals surface area contributed by atoms with Crippen LogP contribution in [0.1, 0.15) is 18.8 Å². The van der Waals surface area contributed by atoms with Crippen molar-refractivity contribution in [2.75, 3.05) is 10.6 Å². The third kappa shape index (κ3) is 3.68. The van der Waals surface area contributed by atoms with E-state index in [0.717, 1.165) is 18.6 Å². The van der Waals surface area contributed by atoms with Crippen LogP contribution < -0.4 is 10.6 Å². The van der Waals surface area contributed by atoms with Crippen molar-refractivity contribution < 1.29 is 8.78 Å². The molecule has 0 fully saturated rings. The Kier molecular flexibility index (Phi) is 4.47. The van der Waals surface area contributed by atoms with Crippen LogP contribution in [-0.2, 0) is 7.05 Å². The van der Waals surface area contributed by atoms with Crippen molar-refractivity contribution in [3.8, 4) is 0 Å². The van der Waals surface area contributed by atoms with Gasteiger partial charge in [-0.2, -0.15) is 9.97 Å². The largest absolute Gasteiger partial charge is 0.344 e. The quantitative estimate of drug-likeness (QED) is 0.542. The molecule has 0 saturated carbocycles. The van der Waals surface area contributed by atoms with Crippen molar-refractivity contribution in [1.82, 2.24) is 34.5 Å². The summed E-state index contributed by atoms with van der Waals surface area (Å²) >= 11 is 0. The van der Waals surface area contributed by atoms with Crippen molar-refractivity contribution in [2.45, 2.75) is 13.0 Å². The van der Waals surface area contributed by atoms with Crippen LogP contribution in [0.4, 0.5) is 26.4 Å². The van der Waals surface area contributed by atoms with Gasteiger partial charge in [0.05, 0.1) is 36.3 Å². The van der Waals surface area contributed by atoms with Gasteiger partial charge in [0, 0.05) is 13.2 Å². The van der Waals surface area contributed by atoms with Gasteiger partial charge in [0.2, 0.25) is 5.95 Å². The van der Waals surface area contributed by atoms with E-state index in [1.54, 1.807) is 24.0 Å². The van der Waals surface area contributed by atoms with Gasteiger partial charge in [0.25, 0.3) is 0 Å². The molecule has 11 heteroatoms. The summed E-state index contributed by atoms with van der Waals surface area (Å²) in [6.45, 7) is 1.78. The molecule has 0 amide bonds. The van der Waals surface area contributed by atoms with E-state index in [1.807, 2.05) is 7.05 Å². The molecule has 0 aliphatic heterocycles. The maximum atomic E-state index is 13.7. The minimum atomic E-state index is -0.522. The Balaban J connectivity index is 1.70. The highest BCUT2D eigenvalue weighted by Gasteiger charge is 2.15. The normalized spacial score (nSPS) is 12.1. The number of aromatic nitrogens is 7. The molecular weight excluding hydrogens is 368 g/mol. The van der Waals surface area contributed by atoms with Gasteiger partial charge in [0.1, 0.15) is 23.3 Å². The average Bonchev–Trinajstić information content (AvgIpc) is 3.07. The number of aryl methyl sites for hydroxylation is 1. The first kappa shape index (κ1) is 17.6. The van der Waals surface area contributed by atoms with Crippen LogP contribution in [0.15, 0.2) is 37.2 Å². The number of rotatable bonds is 5. The van der Waals surface area contributed by atoms with Crippen molar-refractivity contribution in [2.24, 2.45) is 7.05 Å². The topological polar surface area (TPSA) is 106 Å². The van der Waals surface area contributed by atoms with E-state index in [-0.39, 0.29) is 5.95 Å².